The number of anilines is 1. The lowest BCUT2D eigenvalue weighted by Crippen LogP contribution is -2.63. The molecule has 0 aromatic heterocycles. The van der Waals surface area contributed by atoms with Crippen molar-refractivity contribution < 1.29 is 50.5 Å². The van der Waals surface area contributed by atoms with E-state index < -0.39 is 75.4 Å². The van der Waals surface area contributed by atoms with Gasteiger partial charge in [-0.2, -0.15) is 4.72 Å². The van der Waals surface area contributed by atoms with Gasteiger partial charge in [0.1, 0.15) is 16.9 Å². The maximum atomic E-state index is 16.6. The lowest BCUT2D eigenvalue weighted by Gasteiger charge is -2.42. The second-order valence-electron chi connectivity index (χ2n) is 13.1. The minimum Gasteiger partial charge on any atom is -0.507 e. The highest BCUT2D eigenvalue weighted by molar-refractivity contribution is 7.77. The van der Waals surface area contributed by atoms with Crippen LogP contribution < -0.4 is 9.62 Å². The number of nitrogens with one attached hydrogen (secondary N) is 1. The molecule has 1 aliphatic carbocycles. The van der Waals surface area contributed by atoms with Gasteiger partial charge < -0.3 is 15.1 Å². The molecule has 4 N–H and O–H groups in total. The van der Waals surface area contributed by atoms with Crippen molar-refractivity contribution in [1.82, 2.24) is 4.72 Å². The van der Waals surface area contributed by atoms with Gasteiger partial charge >= 0.3 is 5.97 Å². The summed E-state index contributed by atoms with van der Waals surface area (Å²) in [7, 11) is 0. The molecular formula is C31H35F5N2O6S. The lowest BCUT2D eigenvalue weighted by atomic mass is 9.75. The molecule has 0 saturated carbocycles. The topological polar surface area (TPSA) is 127 Å². The molecule has 1 aliphatic rings. The van der Waals surface area contributed by atoms with Gasteiger partial charge in [0, 0.05) is 11.8 Å². The molecule has 3 atom stereocenters. The number of carboxylic acids is 1. The normalized spacial score (nSPS) is 21.6. The molecule has 0 aliphatic heterocycles. The van der Waals surface area contributed by atoms with E-state index in [2.05, 4.69) is 0 Å². The van der Waals surface area contributed by atoms with Crippen LogP contribution in [0.15, 0.2) is 59.7 Å². The first-order valence-corrected chi connectivity index (χ1v) is 14.8. The van der Waals surface area contributed by atoms with E-state index in [0.29, 0.717) is 12.5 Å². The number of nitrogens with zero attached hydrogens (tertiary/aromatic N) is 1. The van der Waals surface area contributed by atoms with Gasteiger partial charge in [-0.1, -0.05) is 59.7 Å². The number of carbonyl (C=O) groups excluding carboxylic acids is 1. The quantitative estimate of drug-likeness (QED) is 0.177. The lowest BCUT2D eigenvalue weighted by molar-refractivity contribution is -0.122. The zero-order chi connectivity index (χ0) is 34.4. The molecule has 1 amide bonds. The van der Waals surface area contributed by atoms with Crippen LogP contribution in [0.2, 0.25) is 0 Å². The number of hydrogen-bond acceptors (Lipinski definition) is 4. The van der Waals surface area contributed by atoms with E-state index in [1.165, 1.54) is 4.72 Å². The van der Waals surface area contributed by atoms with Crippen molar-refractivity contribution in [3.63, 3.8) is 0 Å². The van der Waals surface area contributed by atoms with Crippen molar-refractivity contribution >= 4 is 28.8 Å². The smallest absolute Gasteiger partial charge is 0.339 e. The van der Waals surface area contributed by atoms with E-state index in [9.17, 15) is 37.3 Å². The summed E-state index contributed by atoms with van der Waals surface area (Å²) >= 11 is -3.29. The molecule has 14 heteroatoms. The molecule has 3 rings (SSSR count). The summed E-state index contributed by atoms with van der Waals surface area (Å²) in [5.41, 5.74) is -6.78. The van der Waals surface area contributed by atoms with E-state index in [0.717, 1.165) is 34.2 Å². The summed E-state index contributed by atoms with van der Waals surface area (Å²) < 4.78 is 97.8. The Morgan fingerprint density at radius 1 is 0.911 bits per heavy atom. The number of carboxylic acid groups (broad SMARTS) is 1. The standard InChI is InChI=1S/C31H35F5N2O6S/c1-28(2,3)17-10-16(11-18(12-17)29(4,5)6)15-38(19-8-9-20(27(41)42)21(39)13-19)22(40)14-31(36)26(35)24(33)23(32)25(34)30(31,7)37-45(43)44/h8-13,37,39H,14-15H2,1-7H3,(H,41,42)(H,43,44). The van der Waals surface area contributed by atoms with E-state index in [4.69, 9.17) is 0 Å². The van der Waals surface area contributed by atoms with Crippen molar-refractivity contribution in [2.45, 2.75) is 83.5 Å². The Balaban J connectivity index is 2.24. The largest absolute Gasteiger partial charge is 0.507 e. The van der Waals surface area contributed by atoms with Crippen molar-refractivity contribution in [1.29, 1.82) is 0 Å². The van der Waals surface area contributed by atoms with Gasteiger partial charge in [0.05, 0.1) is 13.0 Å². The van der Waals surface area contributed by atoms with Crippen molar-refractivity contribution in [3.8, 4) is 5.75 Å². The number of carbonyl (C=O) groups is 2. The zero-order valence-electron chi connectivity index (χ0n) is 25.7. The zero-order valence-corrected chi connectivity index (χ0v) is 26.5. The number of aromatic carboxylic acids is 1. The fraction of sp³-hybridized carbons (Fsp3) is 0.419. The average Bonchev–Trinajstić information content (AvgIpc) is 2.91. The molecule has 2 aromatic rings. The number of aromatic hydroxyl groups is 1. The summed E-state index contributed by atoms with van der Waals surface area (Å²) in [4.78, 5) is 26.2. The third-order valence-corrected chi connectivity index (χ3v) is 8.32. The molecule has 45 heavy (non-hydrogen) atoms. The molecular weight excluding hydrogens is 623 g/mol. The number of halogens is 5. The summed E-state index contributed by atoms with van der Waals surface area (Å²) in [5, 5.41) is 19.7. The third kappa shape index (κ3) is 6.97. The van der Waals surface area contributed by atoms with Gasteiger partial charge in [-0.3, -0.25) is 9.35 Å². The third-order valence-electron chi connectivity index (χ3n) is 7.73. The molecule has 0 saturated heterocycles. The molecule has 8 nitrogen and oxygen atoms in total. The van der Waals surface area contributed by atoms with Gasteiger partial charge in [-0.05, 0) is 46.6 Å². The number of hydrogen-bond donors (Lipinski definition) is 4. The first-order valence-electron chi connectivity index (χ1n) is 13.6. The Bertz CT molecular complexity index is 1600. The molecule has 0 bridgehead atoms. The minimum absolute atomic E-state index is 0.201. The Morgan fingerprint density at radius 3 is 1.87 bits per heavy atom. The summed E-state index contributed by atoms with van der Waals surface area (Å²) in [6.07, 6.45) is -1.72. The molecule has 2 aromatic carbocycles. The molecule has 246 valence electrons. The van der Waals surface area contributed by atoms with E-state index in [1.807, 2.05) is 47.6 Å². The van der Waals surface area contributed by atoms with Crippen molar-refractivity contribution in [2.75, 3.05) is 4.90 Å². The second-order valence-corrected chi connectivity index (χ2v) is 13.8. The van der Waals surface area contributed by atoms with Crippen molar-refractivity contribution in [2.24, 2.45) is 0 Å². The Labute approximate surface area is 260 Å². The highest BCUT2D eigenvalue weighted by Crippen LogP contribution is 2.51. The minimum atomic E-state index is -4.07. The van der Waals surface area contributed by atoms with Crippen LogP contribution in [0.5, 0.6) is 5.75 Å². The van der Waals surface area contributed by atoms with Crippen LogP contribution in [0.1, 0.15) is 81.9 Å². The second kappa shape index (κ2) is 12.3. The summed E-state index contributed by atoms with van der Waals surface area (Å²) in [6, 6.07) is 8.44. The fourth-order valence-corrected chi connectivity index (χ4v) is 5.46. The number of alkyl halides is 1. The number of amides is 1. The monoisotopic (exact) mass is 658 g/mol. The van der Waals surface area contributed by atoms with Gasteiger partial charge in [-0.15, -0.1) is 0 Å². The molecule has 0 radical (unpaired) electrons. The summed E-state index contributed by atoms with van der Waals surface area (Å²) in [6.45, 7) is 11.8. The van der Waals surface area contributed by atoms with Crippen LogP contribution in [0.3, 0.4) is 0 Å². The predicted octanol–water partition coefficient (Wildman–Crippen LogP) is 7.12. The Hall–Kier alpha value is -3.62. The highest BCUT2D eigenvalue weighted by Gasteiger charge is 2.63. The van der Waals surface area contributed by atoms with Crippen molar-refractivity contribution in [3.05, 3.63) is 82.0 Å². The Morgan fingerprint density at radius 2 is 1.42 bits per heavy atom. The van der Waals surface area contributed by atoms with Crippen LogP contribution in [-0.2, 0) is 33.4 Å². The van der Waals surface area contributed by atoms with Crippen LogP contribution in [0.4, 0.5) is 27.6 Å². The average molecular weight is 659 g/mol. The highest BCUT2D eigenvalue weighted by atomic mass is 32.2. The predicted molar refractivity (Wildman–Crippen MR) is 159 cm³/mol. The van der Waals surface area contributed by atoms with Gasteiger partial charge in [0.25, 0.3) is 0 Å². The van der Waals surface area contributed by atoms with Crippen LogP contribution in [0, 0.1) is 0 Å². The van der Waals surface area contributed by atoms with Crippen LogP contribution >= 0.6 is 0 Å². The van der Waals surface area contributed by atoms with Gasteiger partial charge in [0.2, 0.25) is 17.2 Å². The summed E-state index contributed by atoms with van der Waals surface area (Å²) in [5.74, 6) is -13.5. The SMILES string of the molecule is CC(C)(C)c1cc(CN(C(=O)CC2(F)C(F)=C(F)C(F)=C(F)C2(C)NS(=O)O)c2ccc(C(=O)O)c(O)c2)cc(C(C)(C)C)c1. The number of benzene rings is 2. The first-order chi connectivity index (χ1) is 20.4. The molecule has 0 fully saturated rings. The fourth-order valence-electron chi connectivity index (χ4n) is 4.86. The van der Waals surface area contributed by atoms with E-state index in [1.54, 1.807) is 12.1 Å². The Kier molecular flexibility index (Phi) is 9.79. The van der Waals surface area contributed by atoms with E-state index >= 15 is 13.2 Å². The number of rotatable bonds is 8. The maximum absolute atomic E-state index is 16.6. The number of allylic oxidation sites excluding steroid dienone is 2. The first kappa shape index (κ1) is 35.9. The molecule has 0 heterocycles. The molecule has 3 unspecified atom stereocenters. The number of phenols is 1. The van der Waals surface area contributed by atoms with E-state index in [-0.39, 0.29) is 23.1 Å². The van der Waals surface area contributed by atoms with Crippen LogP contribution in [-0.4, -0.2) is 42.1 Å². The maximum Gasteiger partial charge on any atom is 0.339 e. The van der Waals surface area contributed by atoms with Gasteiger partial charge in [-0.25, -0.2) is 31.0 Å². The van der Waals surface area contributed by atoms with Crippen LogP contribution in [0.25, 0.3) is 0 Å². The van der Waals surface area contributed by atoms with Gasteiger partial charge in [0.15, 0.2) is 29.0 Å². The molecule has 0 spiro atoms.